The number of nitrogens with zero attached hydrogens (tertiary/aromatic N) is 1. The van der Waals surface area contributed by atoms with Gasteiger partial charge in [-0.05, 0) is 20.8 Å². The normalized spacial score (nSPS) is 16.4. The van der Waals surface area contributed by atoms with E-state index in [2.05, 4.69) is 0 Å². The van der Waals surface area contributed by atoms with E-state index in [0.29, 0.717) is 0 Å². The number of ether oxygens (including phenoxy) is 1. The fraction of sp³-hybridized carbons (Fsp3) is 0.818. The summed E-state index contributed by atoms with van der Waals surface area (Å²) >= 11 is 0. The molecule has 5 nitrogen and oxygen atoms in total. The van der Waals surface area contributed by atoms with E-state index >= 15 is 0 Å². The van der Waals surface area contributed by atoms with Crippen molar-refractivity contribution in [2.24, 2.45) is 5.92 Å². The molecule has 0 aromatic carbocycles. The van der Waals surface area contributed by atoms with Gasteiger partial charge in [0.15, 0.2) is 0 Å². The van der Waals surface area contributed by atoms with Gasteiger partial charge in [0, 0.05) is 25.4 Å². The van der Waals surface area contributed by atoms with Crippen LogP contribution in [-0.4, -0.2) is 41.6 Å². The maximum absolute atomic E-state index is 12.8. The van der Waals surface area contributed by atoms with Gasteiger partial charge in [-0.1, -0.05) is 0 Å². The Kier molecular flexibility index (Phi) is 5.84. The number of aliphatic carboxylic acids is 1. The summed E-state index contributed by atoms with van der Waals surface area (Å²) in [7, 11) is 0. The number of hydrogen-bond donors (Lipinski definition) is 0. The second-order valence-electron chi connectivity index (χ2n) is 5.45. The first-order chi connectivity index (χ1) is 8.01. The molecule has 1 saturated heterocycles. The van der Waals surface area contributed by atoms with Gasteiger partial charge >= 0.3 is 25.0 Å². The van der Waals surface area contributed by atoms with Gasteiger partial charge in [-0.3, -0.25) is 0 Å². The first-order valence-electron chi connectivity index (χ1n) is 5.58. The summed E-state index contributed by atoms with van der Waals surface area (Å²) in [5.74, 6) is -6.76. The average Bonchev–Trinajstić information content (AvgIpc) is 2.06. The topological polar surface area (TPSA) is 69.7 Å². The van der Waals surface area contributed by atoms with Crippen LogP contribution in [0.3, 0.4) is 0 Å². The minimum absolute atomic E-state index is 0. The summed E-state index contributed by atoms with van der Waals surface area (Å²) in [5, 5.41) is 10.1. The maximum Gasteiger partial charge on any atom is 1.00 e. The monoisotopic (exact) mass is 271 g/mol. The standard InChI is InChI=1S/C11H17F2NO4.Li/c1-10(2,3)18-9(17)14-5-7(6-14)4-11(12,13)8(15)16;/h7H,4-6H2,1-3H3,(H,15,16);/q;+1/p-1. The molecular formula is C11H16F2LiNO4. The van der Waals surface area contributed by atoms with Crippen LogP contribution >= 0.6 is 0 Å². The number of alkyl halides is 2. The zero-order valence-electron chi connectivity index (χ0n) is 11.5. The Morgan fingerprint density at radius 2 is 1.79 bits per heavy atom. The van der Waals surface area contributed by atoms with Gasteiger partial charge in [0.2, 0.25) is 0 Å². The molecule has 0 radical (unpaired) electrons. The van der Waals surface area contributed by atoms with E-state index in [1.165, 1.54) is 4.90 Å². The van der Waals surface area contributed by atoms with Gasteiger partial charge in [0.05, 0.1) is 0 Å². The second-order valence-corrected chi connectivity index (χ2v) is 5.45. The molecule has 104 valence electrons. The van der Waals surface area contributed by atoms with Crippen LogP contribution in [-0.2, 0) is 9.53 Å². The van der Waals surface area contributed by atoms with Crippen molar-refractivity contribution in [2.75, 3.05) is 13.1 Å². The summed E-state index contributed by atoms with van der Waals surface area (Å²) in [6.45, 7) is 5.26. The molecule has 0 aromatic rings. The van der Waals surface area contributed by atoms with Crippen molar-refractivity contribution in [1.29, 1.82) is 0 Å². The SMILES string of the molecule is CC(C)(C)OC(=O)N1CC(CC(F)(F)C(=O)[O-])C1.[Li+]. The van der Waals surface area contributed by atoms with Gasteiger partial charge < -0.3 is 19.5 Å². The zero-order chi connectivity index (χ0) is 14.1. The smallest absolute Gasteiger partial charge is 0.544 e. The Hall–Kier alpha value is -0.803. The van der Waals surface area contributed by atoms with Crippen molar-refractivity contribution >= 4 is 12.1 Å². The maximum atomic E-state index is 12.8. The Morgan fingerprint density at radius 3 is 2.16 bits per heavy atom. The molecule has 0 atom stereocenters. The Labute approximate surface area is 122 Å². The summed E-state index contributed by atoms with van der Waals surface area (Å²) in [5.41, 5.74) is -0.642. The molecule has 8 heteroatoms. The molecule has 1 heterocycles. The molecule has 0 unspecified atom stereocenters. The predicted molar refractivity (Wildman–Crippen MR) is 55.9 cm³/mol. The zero-order valence-corrected chi connectivity index (χ0v) is 11.5. The quantitative estimate of drug-likeness (QED) is 0.538. The number of likely N-dealkylation sites (tertiary alicyclic amines) is 1. The van der Waals surface area contributed by atoms with Gasteiger partial charge in [-0.15, -0.1) is 0 Å². The van der Waals surface area contributed by atoms with E-state index in [9.17, 15) is 23.5 Å². The molecule has 0 N–H and O–H groups in total. The Bertz CT molecular complexity index is 351. The van der Waals surface area contributed by atoms with E-state index in [-0.39, 0.29) is 32.0 Å². The first-order valence-corrected chi connectivity index (χ1v) is 5.58. The van der Waals surface area contributed by atoms with E-state index in [1.807, 2.05) is 0 Å². The average molecular weight is 271 g/mol. The van der Waals surface area contributed by atoms with E-state index in [1.54, 1.807) is 20.8 Å². The van der Waals surface area contributed by atoms with Crippen LogP contribution in [0.1, 0.15) is 27.2 Å². The van der Waals surface area contributed by atoms with E-state index < -0.39 is 35.9 Å². The van der Waals surface area contributed by atoms with Crippen LogP contribution < -0.4 is 24.0 Å². The molecule has 1 fully saturated rings. The van der Waals surface area contributed by atoms with Crippen molar-refractivity contribution < 1.29 is 47.1 Å². The first kappa shape index (κ1) is 18.2. The molecule has 0 aliphatic carbocycles. The van der Waals surface area contributed by atoms with Crippen molar-refractivity contribution in [3.8, 4) is 0 Å². The molecule has 19 heavy (non-hydrogen) atoms. The van der Waals surface area contributed by atoms with Gasteiger partial charge in [-0.25, -0.2) is 4.79 Å². The Balaban J connectivity index is 0.00000324. The number of hydrogen-bond acceptors (Lipinski definition) is 4. The summed E-state index contributed by atoms with van der Waals surface area (Å²) in [4.78, 5) is 22.9. The van der Waals surface area contributed by atoms with Gasteiger partial charge in [0.25, 0.3) is 5.92 Å². The molecule has 0 saturated carbocycles. The fourth-order valence-corrected chi connectivity index (χ4v) is 1.62. The third-order valence-corrected chi connectivity index (χ3v) is 2.45. The second kappa shape index (κ2) is 6.10. The summed E-state index contributed by atoms with van der Waals surface area (Å²) < 4.78 is 30.7. The third-order valence-electron chi connectivity index (χ3n) is 2.45. The van der Waals surface area contributed by atoms with Crippen LogP contribution in [0.25, 0.3) is 0 Å². The molecule has 1 amide bonds. The number of carbonyl (C=O) groups is 2. The number of rotatable bonds is 3. The minimum atomic E-state index is -3.84. The fourth-order valence-electron chi connectivity index (χ4n) is 1.62. The number of carboxylic acids is 1. The van der Waals surface area contributed by atoms with Crippen LogP contribution in [0.2, 0.25) is 0 Å². The number of carboxylic acid groups (broad SMARTS) is 1. The van der Waals surface area contributed by atoms with Crippen molar-refractivity contribution in [3.63, 3.8) is 0 Å². The number of carbonyl (C=O) groups excluding carboxylic acids is 2. The van der Waals surface area contributed by atoms with Crippen molar-refractivity contribution in [1.82, 2.24) is 4.90 Å². The number of amides is 1. The van der Waals surface area contributed by atoms with Crippen LogP contribution in [0.4, 0.5) is 13.6 Å². The molecule has 0 spiro atoms. The number of halogens is 2. The van der Waals surface area contributed by atoms with Crippen LogP contribution in [0.15, 0.2) is 0 Å². The molecule has 1 rings (SSSR count). The minimum Gasteiger partial charge on any atom is -0.544 e. The summed E-state index contributed by atoms with van der Waals surface area (Å²) in [6.07, 6.45) is -1.38. The van der Waals surface area contributed by atoms with Crippen LogP contribution in [0, 0.1) is 5.92 Å². The molecule has 1 aliphatic heterocycles. The van der Waals surface area contributed by atoms with Crippen molar-refractivity contribution in [2.45, 2.75) is 38.7 Å². The van der Waals surface area contributed by atoms with E-state index in [0.717, 1.165) is 0 Å². The third kappa shape index (κ3) is 5.37. The summed E-state index contributed by atoms with van der Waals surface area (Å²) in [6, 6.07) is 0. The molecule has 1 aliphatic rings. The van der Waals surface area contributed by atoms with Gasteiger partial charge in [-0.2, -0.15) is 8.78 Å². The predicted octanol–water partition coefficient (Wildman–Crippen LogP) is -2.37. The van der Waals surface area contributed by atoms with Gasteiger partial charge in [0.1, 0.15) is 11.6 Å². The van der Waals surface area contributed by atoms with Crippen molar-refractivity contribution in [3.05, 3.63) is 0 Å². The molecule has 0 bridgehead atoms. The Morgan fingerprint density at radius 1 is 1.32 bits per heavy atom. The van der Waals surface area contributed by atoms with E-state index in [4.69, 9.17) is 4.74 Å². The molecular weight excluding hydrogens is 255 g/mol. The van der Waals surface area contributed by atoms with Crippen LogP contribution in [0.5, 0.6) is 0 Å². The molecule has 0 aromatic heterocycles. The largest absolute Gasteiger partial charge is 1.00 e.